The highest BCUT2D eigenvalue weighted by Crippen LogP contribution is 2.31. The third-order valence-electron chi connectivity index (χ3n) is 4.97. The Bertz CT molecular complexity index is 1350. The van der Waals surface area contributed by atoms with Gasteiger partial charge in [0, 0.05) is 18.8 Å². The van der Waals surface area contributed by atoms with Gasteiger partial charge in [-0.3, -0.25) is 14.0 Å². The van der Waals surface area contributed by atoms with Crippen molar-refractivity contribution < 1.29 is 14.3 Å². The predicted octanol–water partition coefficient (Wildman–Crippen LogP) is 1.54. The van der Waals surface area contributed by atoms with Gasteiger partial charge in [-0.15, -0.1) is 0 Å². The summed E-state index contributed by atoms with van der Waals surface area (Å²) in [4.78, 5) is 31.4. The minimum absolute atomic E-state index is 0.220. The number of aromatic nitrogens is 3. The maximum absolute atomic E-state index is 13.4. The van der Waals surface area contributed by atoms with Gasteiger partial charge in [0.25, 0.3) is 5.56 Å². The lowest BCUT2D eigenvalue weighted by Gasteiger charge is -2.24. The summed E-state index contributed by atoms with van der Waals surface area (Å²) in [6.45, 7) is 3.75. The molecule has 0 fully saturated rings. The molecule has 8 nitrogen and oxygen atoms in total. The van der Waals surface area contributed by atoms with Crippen LogP contribution in [0.25, 0.3) is 6.08 Å². The number of allylic oxidation sites excluding steroid dienone is 1. The Balaban J connectivity index is 1.94. The monoisotopic (exact) mass is 438 g/mol. The molecule has 31 heavy (non-hydrogen) atoms. The van der Waals surface area contributed by atoms with Crippen LogP contribution in [0.3, 0.4) is 0 Å². The van der Waals surface area contributed by atoms with E-state index in [2.05, 4.69) is 10.1 Å². The molecule has 3 aromatic rings. The lowest BCUT2D eigenvalue weighted by Crippen LogP contribution is -2.39. The van der Waals surface area contributed by atoms with Gasteiger partial charge in [0.15, 0.2) is 4.80 Å². The maximum atomic E-state index is 13.4. The Morgan fingerprint density at radius 1 is 1.29 bits per heavy atom. The highest BCUT2D eigenvalue weighted by molar-refractivity contribution is 7.07. The molecule has 0 unspecified atom stereocenters. The first-order chi connectivity index (χ1) is 14.9. The van der Waals surface area contributed by atoms with Crippen LogP contribution in [0.15, 0.2) is 57.7 Å². The standard InChI is InChI=1S/C22H22N4O4S/c1-5-30-21(28)18-13(2)24-22-26(19(18)15-6-8-16(29-4)9-7-15)20(27)17(31-22)10-14-11-23-25(3)12-14/h6-12,19H,5H2,1-4H3/b17-10+/t19-/m1/s1. The van der Waals surface area contributed by atoms with Gasteiger partial charge in [0.05, 0.1) is 41.8 Å². The number of ether oxygens (including phenoxy) is 2. The molecular formula is C22H22N4O4S. The zero-order valence-corrected chi connectivity index (χ0v) is 18.5. The van der Waals surface area contributed by atoms with Crippen LogP contribution in [0.1, 0.15) is 31.0 Å². The van der Waals surface area contributed by atoms with Crippen molar-refractivity contribution in [1.82, 2.24) is 14.3 Å². The van der Waals surface area contributed by atoms with Gasteiger partial charge >= 0.3 is 5.97 Å². The van der Waals surface area contributed by atoms with Crippen LogP contribution in [0.5, 0.6) is 5.75 Å². The van der Waals surface area contributed by atoms with Crippen LogP contribution in [0.4, 0.5) is 0 Å². The lowest BCUT2D eigenvalue weighted by molar-refractivity contribution is -0.139. The van der Waals surface area contributed by atoms with Crippen LogP contribution in [0, 0.1) is 0 Å². The van der Waals surface area contributed by atoms with Crippen molar-refractivity contribution in [3.63, 3.8) is 0 Å². The number of nitrogens with zero attached hydrogens (tertiary/aromatic N) is 4. The van der Waals surface area contributed by atoms with Crippen LogP contribution >= 0.6 is 11.3 Å². The van der Waals surface area contributed by atoms with E-state index < -0.39 is 12.0 Å². The van der Waals surface area contributed by atoms with E-state index in [1.165, 1.54) is 11.3 Å². The van der Waals surface area contributed by atoms with E-state index in [-0.39, 0.29) is 12.2 Å². The molecule has 1 atom stereocenters. The second-order valence-electron chi connectivity index (χ2n) is 7.02. The van der Waals surface area contributed by atoms with Gasteiger partial charge in [0.1, 0.15) is 5.75 Å². The zero-order valence-electron chi connectivity index (χ0n) is 17.7. The fourth-order valence-corrected chi connectivity index (χ4v) is 4.61. The van der Waals surface area contributed by atoms with Crippen molar-refractivity contribution in [3.05, 3.63) is 78.7 Å². The van der Waals surface area contributed by atoms with E-state index in [1.54, 1.807) is 54.6 Å². The summed E-state index contributed by atoms with van der Waals surface area (Å²) < 4.78 is 14.3. The SMILES string of the molecule is CCOC(=O)C1=C(C)N=c2s/c(=C/c3cnn(C)c3)c(=O)n2[C@@H]1c1ccc(OC)cc1. The normalized spacial score (nSPS) is 16.1. The minimum atomic E-state index is -0.641. The fraction of sp³-hybridized carbons (Fsp3) is 0.273. The number of methoxy groups -OCH3 is 1. The topological polar surface area (TPSA) is 87.7 Å². The van der Waals surface area contributed by atoms with Gasteiger partial charge in [-0.25, -0.2) is 9.79 Å². The van der Waals surface area contributed by atoms with Gasteiger partial charge < -0.3 is 9.47 Å². The molecule has 0 aliphatic carbocycles. The van der Waals surface area contributed by atoms with Crippen molar-refractivity contribution in [1.29, 1.82) is 0 Å². The van der Waals surface area contributed by atoms with E-state index in [1.807, 2.05) is 25.4 Å². The van der Waals surface area contributed by atoms with Crippen LogP contribution in [0.2, 0.25) is 0 Å². The van der Waals surface area contributed by atoms with E-state index in [0.29, 0.717) is 26.4 Å². The zero-order chi connectivity index (χ0) is 22.1. The highest BCUT2D eigenvalue weighted by atomic mass is 32.1. The number of carbonyl (C=O) groups is 1. The van der Waals surface area contributed by atoms with E-state index in [4.69, 9.17) is 9.47 Å². The van der Waals surface area contributed by atoms with Crippen LogP contribution < -0.4 is 19.6 Å². The van der Waals surface area contributed by atoms with E-state index in [0.717, 1.165) is 11.1 Å². The molecule has 0 bridgehead atoms. The molecule has 160 valence electrons. The van der Waals surface area contributed by atoms with E-state index >= 15 is 0 Å². The summed E-state index contributed by atoms with van der Waals surface area (Å²) in [5.74, 6) is 0.206. The summed E-state index contributed by atoms with van der Waals surface area (Å²) in [7, 11) is 3.40. The number of aryl methyl sites for hydroxylation is 1. The third kappa shape index (κ3) is 3.84. The van der Waals surface area contributed by atoms with Crippen molar-refractivity contribution in [3.8, 4) is 5.75 Å². The molecule has 9 heteroatoms. The third-order valence-corrected chi connectivity index (χ3v) is 5.95. The van der Waals surface area contributed by atoms with Crippen molar-refractivity contribution in [2.45, 2.75) is 19.9 Å². The first kappa shape index (κ1) is 20.8. The Morgan fingerprint density at radius 2 is 2.03 bits per heavy atom. The Morgan fingerprint density at radius 3 is 2.65 bits per heavy atom. The van der Waals surface area contributed by atoms with Crippen molar-refractivity contribution in [2.24, 2.45) is 12.0 Å². The lowest BCUT2D eigenvalue weighted by atomic mass is 9.96. The first-order valence-electron chi connectivity index (χ1n) is 9.75. The Hall–Kier alpha value is -3.46. The summed E-state index contributed by atoms with van der Waals surface area (Å²) in [5, 5.41) is 4.15. The minimum Gasteiger partial charge on any atom is -0.497 e. The number of fused-ring (bicyclic) bond motifs is 1. The maximum Gasteiger partial charge on any atom is 0.338 e. The average molecular weight is 439 g/mol. The van der Waals surface area contributed by atoms with Crippen molar-refractivity contribution >= 4 is 23.4 Å². The Labute approximate surface area is 182 Å². The molecule has 1 aromatic carbocycles. The molecule has 0 amide bonds. The molecule has 0 radical (unpaired) electrons. The number of thiazole rings is 1. The number of benzene rings is 1. The molecule has 3 heterocycles. The van der Waals surface area contributed by atoms with Crippen molar-refractivity contribution in [2.75, 3.05) is 13.7 Å². The highest BCUT2D eigenvalue weighted by Gasteiger charge is 2.33. The second-order valence-corrected chi connectivity index (χ2v) is 8.03. The fourth-order valence-electron chi connectivity index (χ4n) is 3.56. The molecular weight excluding hydrogens is 416 g/mol. The van der Waals surface area contributed by atoms with E-state index in [9.17, 15) is 9.59 Å². The largest absolute Gasteiger partial charge is 0.497 e. The number of hydrogen-bond donors (Lipinski definition) is 0. The van der Waals surface area contributed by atoms with Crippen LogP contribution in [-0.4, -0.2) is 34.0 Å². The van der Waals surface area contributed by atoms with Gasteiger partial charge in [-0.2, -0.15) is 5.10 Å². The smallest absolute Gasteiger partial charge is 0.338 e. The quantitative estimate of drug-likeness (QED) is 0.564. The summed E-state index contributed by atoms with van der Waals surface area (Å²) >= 11 is 1.28. The molecule has 0 saturated carbocycles. The molecule has 1 aliphatic heterocycles. The molecule has 2 aromatic heterocycles. The summed E-state index contributed by atoms with van der Waals surface area (Å²) in [5.41, 5.74) is 2.26. The molecule has 0 N–H and O–H groups in total. The molecule has 1 aliphatic rings. The van der Waals surface area contributed by atoms with Gasteiger partial charge in [-0.05, 0) is 37.6 Å². The number of esters is 1. The molecule has 4 rings (SSSR count). The average Bonchev–Trinajstić information content (AvgIpc) is 3.30. The Kier molecular flexibility index (Phi) is 5.60. The predicted molar refractivity (Wildman–Crippen MR) is 117 cm³/mol. The number of hydrogen-bond acceptors (Lipinski definition) is 7. The molecule has 0 saturated heterocycles. The number of carbonyl (C=O) groups excluding carboxylic acids is 1. The summed E-state index contributed by atoms with van der Waals surface area (Å²) in [6.07, 6.45) is 5.30. The van der Waals surface area contributed by atoms with Crippen LogP contribution in [-0.2, 0) is 16.6 Å². The second kappa shape index (κ2) is 8.35. The first-order valence-corrected chi connectivity index (χ1v) is 10.6. The van der Waals surface area contributed by atoms with Gasteiger partial charge in [-0.1, -0.05) is 23.5 Å². The number of rotatable bonds is 5. The summed E-state index contributed by atoms with van der Waals surface area (Å²) in [6, 6.07) is 6.66. The molecule has 0 spiro atoms. The van der Waals surface area contributed by atoms with Gasteiger partial charge in [0.2, 0.25) is 0 Å².